The zero-order valence-corrected chi connectivity index (χ0v) is 13.3. The third-order valence-electron chi connectivity index (χ3n) is 2.93. The van der Waals surface area contributed by atoms with Crippen LogP contribution in [0.2, 0.25) is 5.02 Å². The molecule has 2 aromatic rings. The quantitative estimate of drug-likeness (QED) is 0.763. The predicted molar refractivity (Wildman–Crippen MR) is 85.1 cm³/mol. The van der Waals surface area contributed by atoms with E-state index in [9.17, 15) is 18.0 Å². The van der Waals surface area contributed by atoms with Gasteiger partial charge in [0.1, 0.15) is 5.75 Å². The Morgan fingerprint density at radius 1 is 1.08 bits per heavy atom. The number of anilines is 1. The van der Waals surface area contributed by atoms with E-state index in [1.165, 1.54) is 12.1 Å². The van der Waals surface area contributed by atoms with Gasteiger partial charge in [-0.25, -0.2) is 4.79 Å². The minimum absolute atomic E-state index is 0.235. The molecule has 1 unspecified atom stereocenters. The van der Waals surface area contributed by atoms with Crippen LogP contribution in [0.3, 0.4) is 0 Å². The molecule has 0 saturated heterocycles. The Bertz CT molecular complexity index is 688. The molecule has 8 heteroatoms. The molecule has 0 spiro atoms. The zero-order chi connectivity index (χ0) is 17.7. The molecule has 0 bridgehead atoms. The summed E-state index contributed by atoms with van der Waals surface area (Å²) in [6.45, 7) is 1.61. The molecule has 1 atom stereocenters. The zero-order valence-electron chi connectivity index (χ0n) is 12.5. The number of alkyl halides is 3. The van der Waals surface area contributed by atoms with Gasteiger partial charge in [0, 0.05) is 10.7 Å². The number of carbonyl (C=O) groups is 1. The number of ether oxygens (including phenoxy) is 1. The van der Waals surface area contributed by atoms with Crippen LogP contribution >= 0.6 is 11.6 Å². The largest absolute Gasteiger partial charge is 0.471 e. The Balaban J connectivity index is 1.87. The third kappa shape index (κ3) is 5.34. The molecule has 2 amide bonds. The summed E-state index contributed by atoms with van der Waals surface area (Å²) < 4.78 is 42.8. The molecule has 0 radical (unpaired) electrons. The molecule has 0 heterocycles. The Labute approximate surface area is 141 Å². The van der Waals surface area contributed by atoms with E-state index in [2.05, 4.69) is 10.6 Å². The van der Waals surface area contributed by atoms with Gasteiger partial charge in [0.05, 0.1) is 5.56 Å². The molecular formula is C16H14ClF3N2O2. The van der Waals surface area contributed by atoms with E-state index in [0.717, 1.165) is 12.1 Å². The van der Waals surface area contributed by atoms with Crippen LogP contribution < -0.4 is 15.4 Å². The van der Waals surface area contributed by atoms with Gasteiger partial charge in [-0.2, -0.15) is 13.2 Å². The highest BCUT2D eigenvalue weighted by molar-refractivity contribution is 6.30. The van der Waals surface area contributed by atoms with E-state index in [-0.39, 0.29) is 5.69 Å². The standard InChI is InChI=1S/C16H14ClF3N2O2/c1-10(24-14-8-4-12(17)5-9-14)21-15(23)22-13-6-2-11(3-7-13)16(18,19)20/h2-10H,1H3,(H2,21,22,23). The van der Waals surface area contributed by atoms with Gasteiger partial charge in [0.2, 0.25) is 0 Å². The molecule has 0 fully saturated rings. The van der Waals surface area contributed by atoms with Crippen molar-refractivity contribution in [3.63, 3.8) is 0 Å². The molecule has 0 aromatic heterocycles. The first-order valence-electron chi connectivity index (χ1n) is 6.91. The maximum absolute atomic E-state index is 12.5. The monoisotopic (exact) mass is 358 g/mol. The highest BCUT2D eigenvalue weighted by Crippen LogP contribution is 2.29. The van der Waals surface area contributed by atoms with Crippen molar-refractivity contribution in [2.45, 2.75) is 19.3 Å². The SMILES string of the molecule is CC(NC(=O)Nc1ccc(C(F)(F)F)cc1)Oc1ccc(Cl)cc1. The molecule has 2 rings (SSSR count). The van der Waals surface area contributed by atoms with Crippen molar-refractivity contribution in [2.75, 3.05) is 5.32 Å². The highest BCUT2D eigenvalue weighted by Gasteiger charge is 2.29. The Morgan fingerprint density at radius 3 is 2.21 bits per heavy atom. The number of hydrogen-bond donors (Lipinski definition) is 2. The number of nitrogens with one attached hydrogen (secondary N) is 2. The van der Waals surface area contributed by atoms with Crippen molar-refractivity contribution in [1.82, 2.24) is 5.32 Å². The molecule has 0 aliphatic rings. The second-order valence-electron chi connectivity index (χ2n) is 4.89. The van der Waals surface area contributed by atoms with Gasteiger partial charge in [-0.3, -0.25) is 0 Å². The molecular weight excluding hydrogens is 345 g/mol. The third-order valence-corrected chi connectivity index (χ3v) is 3.18. The number of amides is 2. The molecule has 0 saturated carbocycles. The second kappa shape index (κ2) is 7.44. The molecule has 0 aliphatic carbocycles. The van der Waals surface area contributed by atoms with Gasteiger partial charge in [-0.15, -0.1) is 0 Å². The summed E-state index contributed by atoms with van der Waals surface area (Å²) in [6.07, 6.45) is -5.07. The van der Waals surface area contributed by atoms with Gasteiger partial charge >= 0.3 is 12.2 Å². The van der Waals surface area contributed by atoms with Gasteiger partial charge < -0.3 is 15.4 Å². The van der Waals surface area contributed by atoms with Gasteiger partial charge in [-0.1, -0.05) is 11.6 Å². The fourth-order valence-electron chi connectivity index (χ4n) is 1.84. The van der Waals surface area contributed by atoms with Gasteiger partial charge in [0.25, 0.3) is 0 Å². The summed E-state index contributed by atoms with van der Waals surface area (Å²) in [4.78, 5) is 11.8. The topological polar surface area (TPSA) is 50.4 Å². The number of rotatable bonds is 4. The van der Waals surface area contributed by atoms with Crippen molar-refractivity contribution in [2.24, 2.45) is 0 Å². The Morgan fingerprint density at radius 2 is 1.67 bits per heavy atom. The van der Waals surface area contributed by atoms with Gasteiger partial charge in [0.15, 0.2) is 6.23 Å². The lowest BCUT2D eigenvalue weighted by Crippen LogP contribution is -2.39. The van der Waals surface area contributed by atoms with Crippen LogP contribution in [0.1, 0.15) is 12.5 Å². The summed E-state index contributed by atoms with van der Waals surface area (Å²) >= 11 is 5.76. The van der Waals surface area contributed by atoms with Crippen LogP contribution in [0.5, 0.6) is 5.75 Å². The summed E-state index contributed by atoms with van der Waals surface area (Å²) in [5.74, 6) is 0.515. The van der Waals surface area contributed by atoms with Crippen molar-refractivity contribution in [3.8, 4) is 5.75 Å². The fourth-order valence-corrected chi connectivity index (χ4v) is 1.97. The van der Waals surface area contributed by atoms with Crippen LogP contribution in [0, 0.1) is 0 Å². The van der Waals surface area contributed by atoms with Crippen molar-refractivity contribution < 1.29 is 22.7 Å². The van der Waals surface area contributed by atoms with Gasteiger partial charge in [-0.05, 0) is 55.5 Å². The normalized spacial score (nSPS) is 12.4. The van der Waals surface area contributed by atoms with Crippen LogP contribution in [0.15, 0.2) is 48.5 Å². The number of carbonyl (C=O) groups excluding carboxylic acids is 1. The molecule has 128 valence electrons. The van der Waals surface area contributed by atoms with Crippen LogP contribution in [0.25, 0.3) is 0 Å². The van der Waals surface area contributed by atoms with Crippen molar-refractivity contribution >= 4 is 23.3 Å². The van der Waals surface area contributed by atoms with Crippen LogP contribution in [-0.4, -0.2) is 12.3 Å². The molecule has 4 nitrogen and oxygen atoms in total. The van der Waals surface area contributed by atoms with Crippen LogP contribution in [-0.2, 0) is 6.18 Å². The first-order valence-corrected chi connectivity index (χ1v) is 7.29. The first-order chi connectivity index (χ1) is 11.2. The van der Waals surface area contributed by atoms with Crippen molar-refractivity contribution in [3.05, 3.63) is 59.1 Å². The first kappa shape index (κ1) is 17.9. The van der Waals surface area contributed by atoms with Crippen LogP contribution in [0.4, 0.5) is 23.7 Å². The summed E-state index contributed by atoms with van der Waals surface area (Å²) in [7, 11) is 0. The van der Waals surface area contributed by atoms with E-state index in [1.54, 1.807) is 31.2 Å². The summed E-state index contributed by atoms with van der Waals surface area (Å²) in [5.41, 5.74) is -0.549. The lowest BCUT2D eigenvalue weighted by atomic mass is 10.2. The van der Waals surface area contributed by atoms with Crippen molar-refractivity contribution in [1.29, 1.82) is 0 Å². The Hall–Kier alpha value is -2.41. The average molecular weight is 359 g/mol. The lowest BCUT2D eigenvalue weighted by Gasteiger charge is -2.17. The summed E-state index contributed by atoms with van der Waals surface area (Å²) in [6, 6.07) is 10.1. The maximum atomic E-state index is 12.5. The fraction of sp³-hybridized carbons (Fsp3) is 0.188. The molecule has 24 heavy (non-hydrogen) atoms. The number of benzene rings is 2. The number of halogens is 4. The average Bonchev–Trinajstić information content (AvgIpc) is 2.49. The maximum Gasteiger partial charge on any atom is 0.416 e. The minimum atomic E-state index is -4.41. The molecule has 2 aromatic carbocycles. The van der Waals surface area contributed by atoms with E-state index in [0.29, 0.717) is 10.8 Å². The Kier molecular flexibility index (Phi) is 5.56. The van der Waals surface area contributed by atoms with E-state index >= 15 is 0 Å². The number of urea groups is 1. The van der Waals surface area contributed by atoms with E-state index < -0.39 is 24.0 Å². The van der Waals surface area contributed by atoms with E-state index in [1.807, 2.05) is 0 Å². The minimum Gasteiger partial charge on any atom is -0.471 e. The lowest BCUT2D eigenvalue weighted by molar-refractivity contribution is -0.137. The molecule has 2 N–H and O–H groups in total. The highest BCUT2D eigenvalue weighted by atomic mass is 35.5. The summed E-state index contributed by atoms with van der Waals surface area (Å²) in [5, 5.41) is 5.50. The smallest absolute Gasteiger partial charge is 0.416 e. The second-order valence-corrected chi connectivity index (χ2v) is 5.32. The van der Waals surface area contributed by atoms with E-state index in [4.69, 9.17) is 16.3 Å². The number of hydrogen-bond acceptors (Lipinski definition) is 2. The molecule has 0 aliphatic heterocycles. The predicted octanol–water partition coefficient (Wildman–Crippen LogP) is 4.91.